The number of nitrogens with zero attached hydrogens (tertiary/aromatic N) is 5. The Balaban J connectivity index is 1.46. The van der Waals surface area contributed by atoms with Gasteiger partial charge in [-0.2, -0.15) is 5.10 Å². The van der Waals surface area contributed by atoms with Crippen molar-refractivity contribution in [3.63, 3.8) is 0 Å². The topological polar surface area (TPSA) is 73.1 Å². The fraction of sp³-hybridized carbons (Fsp3) is 0.263. The number of carbonyl (C=O) groups is 1. The third-order valence-electron chi connectivity index (χ3n) is 4.43. The molecule has 26 heavy (non-hydrogen) atoms. The molecule has 3 aromatic rings. The average molecular weight is 349 g/mol. The molecule has 7 nitrogen and oxygen atoms in total. The van der Waals surface area contributed by atoms with Gasteiger partial charge >= 0.3 is 0 Å². The summed E-state index contributed by atoms with van der Waals surface area (Å²) >= 11 is 0. The molecule has 132 valence electrons. The molecule has 1 aromatic carbocycles. The van der Waals surface area contributed by atoms with Crippen LogP contribution in [0.3, 0.4) is 0 Å². The van der Waals surface area contributed by atoms with E-state index < -0.39 is 0 Å². The highest BCUT2D eigenvalue weighted by molar-refractivity contribution is 5.94. The summed E-state index contributed by atoms with van der Waals surface area (Å²) in [5.74, 6) is 0.450. The lowest BCUT2D eigenvalue weighted by atomic mass is 10.1. The summed E-state index contributed by atoms with van der Waals surface area (Å²) in [6, 6.07) is 11.7. The molecular formula is C19H19N5O2. The number of amides is 1. The molecule has 2 aromatic heterocycles. The summed E-state index contributed by atoms with van der Waals surface area (Å²) < 4.78 is 7.45. The molecular weight excluding hydrogens is 330 g/mol. The highest BCUT2D eigenvalue weighted by Crippen LogP contribution is 2.22. The average Bonchev–Trinajstić information content (AvgIpc) is 3.30. The minimum Gasteiger partial charge on any atom is -0.471 e. The maximum Gasteiger partial charge on any atom is 0.272 e. The van der Waals surface area contributed by atoms with Crippen molar-refractivity contribution in [2.24, 2.45) is 7.05 Å². The van der Waals surface area contributed by atoms with Gasteiger partial charge in [0.25, 0.3) is 5.91 Å². The number of benzene rings is 1. The summed E-state index contributed by atoms with van der Waals surface area (Å²) in [5.41, 5.74) is 2.36. The van der Waals surface area contributed by atoms with Crippen LogP contribution < -0.4 is 4.74 Å². The smallest absolute Gasteiger partial charge is 0.272 e. The largest absolute Gasteiger partial charge is 0.471 e. The molecule has 0 saturated carbocycles. The van der Waals surface area contributed by atoms with Crippen molar-refractivity contribution >= 4 is 5.91 Å². The number of hydrogen-bond donors (Lipinski definition) is 0. The monoisotopic (exact) mass is 349 g/mol. The molecule has 1 atom stereocenters. The van der Waals surface area contributed by atoms with Gasteiger partial charge in [0, 0.05) is 38.0 Å². The third-order valence-corrected chi connectivity index (χ3v) is 4.43. The molecule has 4 rings (SSSR count). The van der Waals surface area contributed by atoms with Gasteiger partial charge in [-0.1, -0.05) is 30.3 Å². The molecule has 0 aliphatic carbocycles. The molecule has 7 heteroatoms. The van der Waals surface area contributed by atoms with E-state index in [0.29, 0.717) is 24.7 Å². The fourth-order valence-corrected chi connectivity index (χ4v) is 3.11. The van der Waals surface area contributed by atoms with Crippen LogP contribution in [0.15, 0.2) is 55.0 Å². The van der Waals surface area contributed by atoms with Gasteiger partial charge in [-0.25, -0.2) is 4.98 Å². The predicted octanol–water partition coefficient (Wildman–Crippen LogP) is 2.17. The molecule has 0 bridgehead atoms. The Bertz CT molecular complexity index is 895. The third kappa shape index (κ3) is 3.28. The maximum atomic E-state index is 12.9. The van der Waals surface area contributed by atoms with Crippen LogP contribution >= 0.6 is 0 Å². The number of carbonyl (C=O) groups excluding carboxylic acids is 1. The van der Waals surface area contributed by atoms with Crippen molar-refractivity contribution in [2.45, 2.75) is 12.5 Å². The fourth-order valence-electron chi connectivity index (χ4n) is 3.11. The van der Waals surface area contributed by atoms with E-state index in [1.807, 2.05) is 36.4 Å². The van der Waals surface area contributed by atoms with Crippen LogP contribution in [0.2, 0.25) is 0 Å². The van der Waals surface area contributed by atoms with E-state index >= 15 is 0 Å². The zero-order chi connectivity index (χ0) is 17.9. The Morgan fingerprint density at radius 3 is 2.85 bits per heavy atom. The van der Waals surface area contributed by atoms with Crippen LogP contribution in [0.1, 0.15) is 16.9 Å². The minimum absolute atomic E-state index is 0.0348. The number of likely N-dealkylation sites (tertiary alicyclic amines) is 1. The van der Waals surface area contributed by atoms with Crippen LogP contribution in [0.4, 0.5) is 0 Å². The van der Waals surface area contributed by atoms with Gasteiger partial charge in [0.05, 0.1) is 18.4 Å². The standard InChI is InChI=1S/C19H19N5O2/c1-23-17(11-16(22-23)14-5-3-2-4-6-14)19(25)24-10-7-15(13-24)26-18-12-20-8-9-21-18/h2-6,8-9,11-12,15H,7,10,13H2,1H3. The zero-order valence-electron chi connectivity index (χ0n) is 14.4. The zero-order valence-corrected chi connectivity index (χ0v) is 14.4. The Morgan fingerprint density at radius 1 is 1.23 bits per heavy atom. The lowest BCUT2D eigenvalue weighted by molar-refractivity contribution is 0.0760. The Morgan fingerprint density at radius 2 is 2.08 bits per heavy atom. The van der Waals surface area contributed by atoms with E-state index in [-0.39, 0.29) is 12.0 Å². The molecule has 1 saturated heterocycles. The van der Waals surface area contributed by atoms with Crippen molar-refractivity contribution in [1.29, 1.82) is 0 Å². The van der Waals surface area contributed by atoms with Crippen LogP contribution in [-0.4, -0.2) is 49.7 Å². The molecule has 1 amide bonds. The van der Waals surface area contributed by atoms with E-state index in [2.05, 4.69) is 15.1 Å². The number of hydrogen-bond acceptors (Lipinski definition) is 5. The molecule has 0 radical (unpaired) electrons. The van der Waals surface area contributed by atoms with Crippen molar-refractivity contribution < 1.29 is 9.53 Å². The molecule has 1 aliphatic rings. The van der Waals surface area contributed by atoms with Crippen molar-refractivity contribution in [3.05, 3.63) is 60.7 Å². The van der Waals surface area contributed by atoms with Gasteiger partial charge < -0.3 is 9.64 Å². The van der Waals surface area contributed by atoms with Gasteiger partial charge in [0.2, 0.25) is 5.88 Å². The van der Waals surface area contributed by atoms with Gasteiger partial charge in [0.1, 0.15) is 11.8 Å². The highest BCUT2D eigenvalue weighted by Gasteiger charge is 2.30. The first-order chi connectivity index (χ1) is 12.7. The maximum absolute atomic E-state index is 12.9. The van der Waals surface area contributed by atoms with E-state index in [4.69, 9.17) is 4.74 Å². The summed E-state index contributed by atoms with van der Waals surface area (Å²) in [5, 5.41) is 4.48. The first kappa shape index (κ1) is 16.3. The van der Waals surface area contributed by atoms with E-state index in [1.165, 1.54) is 0 Å². The summed E-state index contributed by atoms with van der Waals surface area (Å²) in [6.45, 7) is 1.18. The number of rotatable bonds is 4. The van der Waals surface area contributed by atoms with E-state index in [1.54, 1.807) is 35.2 Å². The van der Waals surface area contributed by atoms with E-state index in [0.717, 1.165) is 17.7 Å². The minimum atomic E-state index is -0.0718. The molecule has 0 spiro atoms. The van der Waals surface area contributed by atoms with Gasteiger partial charge in [-0.3, -0.25) is 14.5 Å². The second kappa shape index (κ2) is 6.95. The summed E-state index contributed by atoms with van der Waals surface area (Å²) in [7, 11) is 1.79. The Labute approximate surface area is 151 Å². The predicted molar refractivity (Wildman–Crippen MR) is 95.6 cm³/mol. The first-order valence-corrected chi connectivity index (χ1v) is 8.52. The lowest BCUT2D eigenvalue weighted by Crippen LogP contribution is -2.32. The quantitative estimate of drug-likeness (QED) is 0.722. The molecule has 1 aliphatic heterocycles. The van der Waals surface area contributed by atoms with Crippen LogP contribution in [0.25, 0.3) is 11.3 Å². The normalized spacial score (nSPS) is 16.7. The molecule has 0 N–H and O–H groups in total. The second-order valence-electron chi connectivity index (χ2n) is 6.23. The Hall–Kier alpha value is -3.22. The highest BCUT2D eigenvalue weighted by atomic mass is 16.5. The van der Waals surface area contributed by atoms with Crippen LogP contribution in [0, 0.1) is 0 Å². The Kier molecular flexibility index (Phi) is 4.35. The van der Waals surface area contributed by atoms with Crippen LogP contribution in [0.5, 0.6) is 5.88 Å². The second-order valence-corrected chi connectivity index (χ2v) is 6.23. The lowest BCUT2D eigenvalue weighted by Gasteiger charge is -2.16. The van der Waals surface area contributed by atoms with Crippen molar-refractivity contribution in [2.75, 3.05) is 13.1 Å². The van der Waals surface area contributed by atoms with Gasteiger partial charge in [0.15, 0.2) is 0 Å². The van der Waals surface area contributed by atoms with Gasteiger partial charge in [-0.05, 0) is 6.07 Å². The SMILES string of the molecule is Cn1nc(-c2ccccc2)cc1C(=O)N1CCC(Oc2cnccn2)C1. The molecule has 1 fully saturated rings. The van der Waals surface area contributed by atoms with Crippen molar-refractivity contribution in [3.8, 4) is 17.1 Å². The number of ether oxygens (including phenoxy) is 1. The molecule has 1 unspecified atom stereocenters. The number of aryl methyl sites for hydroxylation is 1. The first-order valence-electron chi connectivity index (χ1n) is 8.52. The number of aromatic nitrogens is 4. The van der Waals surface area contributed by atoms with E-state index in [9.17, 15) is 4.79 Å². The van der Waals surface area contributed by atoms with Crippen molar-refractivity contribution in [1.82, 2.24) is 24.6 Å². The van der Waals surface area contributed by atoms with Gasteiger partial charge in [-0.15, -0.1) is 0 Å². The van der Waals surface area contributed by atoms with Crippen LogP contribution in [-0.2, 0) is 7.05 Å². The summed E-state index contributed by atoms with van der Waals surface area (Å²) in [4.78, 5) is 22.8. The molecule has 3 heterocycles. The summed E-state index contributed by atoms with van der Waals surface area (Å²) in [6.07, 6.45) is 5.47.